The number of nitrogens with two attached hydrogens (primary N) is 1. The molecule has 98 valence electrons. The molecule has 5 heteroatoms. The van der Waals surface area contributed by atoms with Gasteiger partial charge in [-0.3, -0.25) is 9.69 Å². The molecule has 1 unspecified atom stereocenters. The van der Waals surface area contributed by atoms with Crippen molar-refractivity contribution in [1.82, 2.24) is 14.8 Å². The van der Waals surface area contributed by atoms with Crippen LogP contribution in [0.5, 0.6) is 0 Å². The summed E-state index contributed by atoms with van der Waals surface area (Å²) in [6.45, 7) is 2.72. The average Bonchev–Trinajstić information content (AvgIpc) is 2.35. The molecule has 0 amide bonds. The summed E-state index contributed by atoms with van der Waals surface area (Å²) < 4.78 is 0. The van der Waals surface area contributed by atoms with E-state index in [-0.39, 0.29) is 11.8 Å². The zero-order valence-electron chi connectivity index (χ0n) is 11.0. The Morgan fingerprint density at radius 3 is 3.00 bits per heavy atom. The Hall–Kier alpha value is -1.46. The van der Waals surface area contributed by atoms with Gasteiger partial charge in [0.15, 0.2) is 5.78 Å². The van der Waals surface area contributed by atoms with Gasteiger partial charge in [0.2, 0.25) is 0 Å². The number of likely N-dealkylation sites (N-methyl/N-ethyl adjacent to an activating group) is 2. The average molecular weight is 248 g/mol. The predicted molar refractivity (Wildman–Crippen MR) is 71.3 cm³/mol. The molecule has 0 radical (unpaired) electrons. The molecule has 0 aromatic carbocycles. The largest absolute Gasteiger partial charge is 0.383 e. The van der Waals surface area contributed by atoms with Gasteiger partial charge in [-0.05, 0) is 20.2 Å². The topological polar surface area (TPSA) is 62.5 Å². The third-order valence-corrected chi connectivity index (χ3v) is 3.51. The molecule has 2 rings (SSSR count). The molecular formula is C13H20N4O. The van der Waals surface area contributed by atoms with Crippen LogP contribution >= 0.6 is 0 Å². The highest BCUT2D eigenvalue weighted by molar-refractivity contribution is 5.87. The van der Waals surface area contributed by atoms with Crippen molar-refractivity contribution in [2.75, 3.05) is 39.5 Å². The second-order valence-electron chi connectivity index (χ2n) is 4.95. The molecule has 0 aliphatic carbocycles. The van der Waals surface area contributed by atoms with E-state index in [0.717, 1.165) is 25.2 Å². The minimum absolute atomic E-state index is 0.0386. The zero-order chi connectivity index (χ0) is 13.1. The number of nitrogens with zero attached hydrogens (tertiary/aromatic N) is 3. The first-order chi connectivity index (χ1) is 8.58. The quantitative estimate of drug-likeness (QED) is 0.817. The third-order valence-electron chi connectivity index (χ3n) is 3.51. The van der Waals surface area contributed by atoms with Crippen molar-refractivity contribution in [2.24, 2.45) is 0 Å². The van der Waals surface area contributed by atoms with Gasteiger partial charge in [-0.2, -0.15) is 0 Å². The summed E-state index contributed by atoms with van der Waals surface area (Å²) in [5.74, 6) is 0.668. The molecule has 0 saturated carbocycles. The highest BCUT2D eigenvalue weighted by Gasteiger charge is 2.28. The fraction of sp³-hybridized carbons (Fsp3) is 0.538. The van der Waals surface area contributed by atoms with Crippen molar-refractivity contribution in [1.29, 1.82) is 0 Å². The van der Waals surface area contributed by atoms with Crippen LogP contribution in [-0.2, 0) is 11.2 Å². The lowest BCUT2D eigenvalue weighted by Crippen LogP contribution is -2.53. The number of Topliss-reactive ketones (excluding diaryl/α,β-unsaturated/α-hetero) is 1. The van der Waals surface area contributed by atoms with Crippen molar-refractivity contribution in [2.45, 2.75) is 12.5 Å². The number of piperazine rings is 1. The van der Waals surface area contributed by atoms with Crippen LogP contribution in [0.3, 0.4) is 0 Å². The third kappa shape index (κ3) is 2.86. The van der Waals surface area contributed by atoms with Crippen molar-refractivity contribution in [3.63, 3.8) is 0 Å². The van der Waals surface area contributed by atoms with Crippen LogP contribution < -0.4 is 5.73 Å². The van der Waals surface area contributed by atoms with E-state index in [1.165, 1.54) is 0 Å². The van der Waals surface area contributed by atoms with Crippen LogP contribution in [0.15, 0.2) is 18.3 Å². The van der Waals surface area contributed by atoms with Gasteiger partial charge >= 0.3 is 0 Å². The normalized spacial score (nSPS) is 22.0. The number of hydrogen-bond acceptors (Lipinski definition) is 5. The molecule has 1 atom stereocenters. The molecule has 1 aromatic rings. The highest BCUT2D eigenvalue weighted by Crippen LogP contribution is 2.13. The molecular weight excluding hydrogens is 228 g/mol. The summed E-state index contributed by atoms with van der Waals surface area (Å²) in [5, 5.41) is 0. The van der Waals surface area contributed by atoms with Crippen LogP contribution in [0, 0.1) is 0 Å². The van der Waals surface area contributed by atoms with Crippen LogP contribution in [0.4, 0.5) is 5.82 Å². The van der Waals surface area contributed by atoms with Gasteiger partial charge in [-0.15, -0.1) is 0 Å². The first-order valence-corrected chi connectivity index (χ1v) is 6.19. The van der Waals surface area contributed by atoms with Crippen molar-refractivity contribution in [3.8, 4) is 0 Å². The number of carbonyl (C=O) groups excluding carboxylic acids is 1. The molecule has 2 N–H and O–H groups in total. The van der Waals surface area contributed by atoms with Gasteiger partial charge in [0, 0.05) is 37.8 Å². The number of hydrogen-bond donors (Lipinski definition) is 1. The highest BCUT2D eigenvalue weighted by atomic mass is 16.1. The van der Waals surface area contributed by atoms with Gasteiger partial charge in [0.05, 0.1) is 6.04 Å². The molecule has 2 heterocycles. The van der Waals surface area contributed by atoms with Gasteiger partial charge in [0.1, 0.15) is 5.82 Å². The summed E-state index contributed by atoms with van der Waals surface area (Å²) in [6.07, 6.45) is 2.01. The van der Waals surface area contributed by atoms with Crippen LogP contribution in [-0.4, -0.2) is 60.3 Å². The predicted octanol–water partition coefficient (Wildman–Crippen LogP) is 0.0212. The molecule has 0 spiro atoms. The maximum Gasteiger partial charge on any atom is 0.155 e. The van der Waals surface area contributed by atoms with Crippen LogP contribution in [0.25, 0.3) is 0 Å². The summed E-state index contributed by atoms with van der Waals surface area (Å²) in [6, 6.07) is 3.64. The van der Waals surface area contributed by atoms with E-state index in [1.54, 1.807) is 6.20 Å². The second kappa shape index (κ2) is 5.46. The Kier molecular flexibility index (Phi) is 3.93. The number of pyridine rings is 1. The number of nitrogen functional groups attached to an aromatic ring is 1. The van der Waals surface area contributed by atoms with Crippen LogP contribution in [0.2, 0.25) is 0 Å². The maximum absolute atomic E-state index is 12.3. The van der Waals surface area contributed by atoms with Crippen LogP contribution in [0.1, 0.15) is 5.56 Å². The Bertz CT molecular complexity index is 435. The number of aromatic nitrogens is 1. The summed E-state index contributed by atoms with van der Waals surface area (Å²) in [7, 11) is 4.05. The van der Waals surface area contributed by atoms with Crippen molar-refractivity contribution < 1.29 is 4.79 Å². The molecule has 1 aromatic heterocycles. The number of carbonyl (C=O) groups is 1. The fourth-order valence-electron chi connectivity index (χ4n) is 2.26. The molecule has 0 bridgehead atoms. The first kappa shape index (κ1) is 13.0. The van der Waals surface area contributed by atoms with Crippen molar-refractivity contribution >= 4 is 11.6 Å². The Labute approximate surface area is 108 Å². The van der Waals surface area contributed by atoms with E-state index in [0.29, 0.717) is 12.2 Å². The van der Waals surface area contributed by atoms with Gasteiger partial charge in [-0.25, -0.2) is 4.98 Å². The van der Waals surface area contributed by atoms with E-state index < -0.39 is 0 Å². The van der Waals surface area contributed by atoms with Gasteiger partial charge in [0.25, 0.3) is 0 Å². The minimum atomic E-state index is -0.0386. The van der Waals surface area contributed by atoms with E-state index in [1.807, 2.05) is 26.2 Å². The smallest absolute Gasteiger partial charge is 0.155 e. The molecule has 1 aliphatic rings. The Balaban J connectivity index is 2.05. The lowest BCUT2D eigenvalue weighted by atomic mass is 10.0. The molecule has 18 heavy (non-hydrogen) atoms. The number of ketones is 1. The first-order valence-electron chi connectivity index (χ1n) is 6.19. The number of rotatable bonds is 3. The minimum Gasteiger partial charge on any atom is -0.383 e. The van der Waals surface area contributed by atoms with Gasteiger partial charge in [-0.1, -0.05) is 6.07 Å². The Morgan fingerprint density at radius 1 is 1.50 bits per heavy atom. The monoisotopic (exact) mass is 248 g/mol. The lowest BCUT2D eigenvalue weighted by Gasteiger charge is -2.36. The summed E-state index contributed by atoms with van der Waals surface area (Å²) in [4.78, 5) is 20.6. The van der Waals surface area contributed by atoms with E-state index in [4.69, 9.17) is 5.73 Å². The Morgan fingerprint density at radius 2 is 2.28 bits per heavy atom. The fourth-order valence-corrected chi connectivity index (χ4v) is 2.26. The summed E-state index contributed by atoms with van der Waals surface area (Å²) >= 11 is 0. The SMILES string of the molecule is CN1CCN(C)C(C(=O)Cc2cccnc2N)C1. The van der Waals surface area contributed by atoms with E-state index in [2.05, 4.69) is 14.8 Å². The molecule has 5 nitrogen and oxygen atoms in total. The standard InChI is InChI=1S/C13H20N4O/c1-16-6-7-17(2)11(9-16)12(18)8-10-4-3-5-15-13(10)14/h3-5,11H,6-9H2,1-2H3,(H2,14,15). The van der Waals surface area contributed by atoms with Crippen molar-refractivity contribution in [3.05, 3.63) is 23.9 Å². The lowest BCUT2D eigenvalue weighted by molar-refractivity contribution is -0.125. The van der Waals surface area contributed by atoms with Gasteiger partial charge < -0.3 is 10.6 Å². The number of anilines is 1. The van der Waals surface area contributed by atoms with E-state index >= 15 is 0 Å². The summed E-state index contributed by atoms with van der Waals surface area (Å²) in [5.41, 5.74) is 6.60. The molecule has 1 fully saturated rings. The van der Waals surface area contributed by atoms with E-state index in [9.17, 15) is 4.79 Å². The second-order valence-corrected chi connectivity index (χ2v) is 4.95. The maximum atomic E-state index is 12.3. The molecule has 1 aliphatic heterocycles. The molecule has 1 saturated heterocycles. The zero-order valence-corrected chi connectivity index (χ0v) is 11.0.